The minimum absolute atomic E-state index is 0.0318. The van der Waals surface area contributed by atoms with Gasteiger partial charge in [-0.2, -0.15) is 4.99 Å². The quantitative estimate of drug-likeness (QED) is 0.618. The number of carbonyl (C=O) groups excluding carboxylic acids is 2. The van der Waals surface area contributed by atoms with Crippen molar-refractivity contribution in [3.63, 3.8) is 0 Å². The fourth-order valence-corrected chi connectivity index (χ4v) is 4.18. The largest absolute Gasteiger partial charge is 0.485 e. The highest BCUT2D eigenvalue weighted by Gasteiger charge is 2.27. The van der Waals surface area contributed by atoms with Crippen molar-refractivity contribution in [2.24, 2.45) is 4.99 Å². The van der Waals surface area contributed by atoms with E-state index in [1.165, 1.54) is 18.4 Å². The fourth-order valence-electron chi connectivity index (χ4n) is 3.06. The molecule has 1 unspecified atom stereocenters. The van der Waals surface area contributed by atoms with Crippen LogP contribution in [-0.2, 0) is 20.9 Å². The number of esters is 1. The first-order chi connectivity index (χ1) is 14.0. The summed E-state index contributed by atoms with van der Waals surface area (Å²) in [5, 5.41) is 0. The van der Waals surface area contributed by atoms with E-state index in [1.54, 1.807) is 16.7 Å². The Labute approximate surface area is 171 Å². The van der Waals surface area contributed by atoms with Gasteiger partial charge in [0.1, 0.15) is 13.2 Å². The van der Waals surface area contributed by atoms with E-state index in [9.17, 15) is 9.59 Å². The molecule has 8 heteroatoms. The second-order valence-corrected chi connectivity index (χ2v) is 7.77. The maximum Gasteiger partial charge on any atom is 0.325 e. The normalized spacial score (nSPS) is 16.1. The van der Waals surface area contributed by atoms with Crippen molar-refractivity contribution in [3.05, 3.63) is 52.3 Å². The summed E-state index contributed by atoms with van der Waals surface area (Å²) >= 11 is 1.35. The van der Waals surface area contributed by atoms with Gasteiger partial charge >= 0.3 is 5.97 Å². The number of benzene rings is 2. The van der Waals surface area contributed by atoms with Gasteiger partial charge in [0.15, 0.2) is 16.3 Å². The molecule has 7 nitrogen and oxygen atoms in total. The maximum absolute atomic E-state index is 12.8. The third-order valence-corrected chi connectivity index (χ3v) is 5.84. The number of amides is 1. The fraction of sp³-hybridized carbons (Fsp3) is 0.286. The van der Waals surface area contributed by atoms with E-state index in [4.69, 9.17) is 14.2 Å². The van der Waals surface area contributed by atoms with Crippen molar-refractivity contribution < 1.29 is 23.8 Å². The molecule has 1 aliphatic heterocycles. The number of thiazole rings is 1. The Bertz CT molecular complexity index is 1180. The summed E-state index contributed by atoms with van der Waals surface area (Å²) in [4.78, 5) is 29.4. The van der Waals surface area contributed by atoms with Crippen molar-refractivity contribution in [2.45, 2.75) is 26.5 Å². The molecular weight excluding hydrogens is 392 g/mol. The monoisotopic (exact) mass is 412 g/mol. The lowest BCUT2D eigenvalue weighted by atomic mass is 10.1. The van der Waals surface area contributed by atoms with Crippen LogP contribution in [0, 0.1) is 13.8 Å². The lowest BCUT2D eigenvalue weighted by Gasteiger charge is -2.23. The standard InChI is InChI=1S/C21H20N2O5S/c1-12-8-14-18(9-13(12)2)29-21(23(14)10-19(24)26-3)22-20(25)17-11-27-15-6-4-5-7-16(15)28-17/h4-9,17H,10-11H2,1-3H3. The number of para-hydroxylation sites is 2. The zero-order valence-electron chi connectivity index (χ0n) is 16.3. The average molecular weight is 412 g/mol. The van der Waals surface area contributed by atoms with Crippen molar-refractivity contribution in [3.8, 4) is 11.5 Å². The number of fused-ring (bicyclic) bond motifs is 2. The number of rotatable bonds is 3. The van der Waals surface area contributed by atoms with Crippen molar-refractivity contribution in [1.82, 2.24) is 4.57 Å². The molecule has 4 rings (SSSR count). The van der Waals surface area contributed by atoms with Gasteiger partial charge in [-0.05, 0) is 49.2 Å². The molecule has 0 saturated heterocycles. The minimum Gasteiger partial charge on any atom is -0.485 e. The molecule has 29 heavy (non-hydrogen) atoms. The van der Waals surface area contributed by atoms with Crippen LogP contribution in [0.4, 0.5) is 0 Å². The number of hydrogen-bond acceptors (Lipinski definition) is 6. The molecule has 1 aromatic heterocycles. The van der Waals surface area contributed by atoms with Gasteiger partial charge in [0.2, 0.25) is 6.10 Å². The zero-order valence-corrected chi connectivity index (χ0v) is 17.1. The molecule has 0 radical (unpaired) electrons. The molecule has 0 N–H and O–H groups in total. The van der Waals surface area contributed by atoms with E-state index < -0.39 is 18.0 Å². The van der Waals surface area contributed by atoms with E-state index in [0.717, 1.165) is 21.3 Å². The van der Waals surface area contributed by atoms with Gasteiger partial charge in [0.25, 0.3) is 5.91 Å². The molecule has 0 fully saturated rings. The summed E-state index contributed by atoms with van der Waals surface area (Å²) in [5.74, 6) is 0.239. The molecule has 0 saturated carbocycles. The second kappa shape index (κ2) is 7.71. The van der Waals surface area contributed by atoms with E-state index in [1.807, 2.05) is 38.1 Å². The summed E-state index contributed by atoms with van der Waals surface area (Å²) in [6.45, 7) is 4.07. The zero-order chi connectivity index (χ0) is 20.5. The third kappa shape index (κ3) is 3.75. The predicted octanol–water partition coefficient (Wildman–Crippen LogP) is 2.76. The van der Waals surface area contributed by atoms with E-state index in [-0.39, 0.29) is 13.2 Å². The number of aryl methyl sites for hydroxylation is 2. The Kier molecular flexibility index (Phi) is 5.10. The molecule has 1 amide bonds. The Balaban J connectivity index is 1.74. The second-order valence-electron chi connectivity index (χ2n) is 6.77. The lowest BCUT2D eigenvalue weighted by Crippen LogP contribution is -2.37. The van der Waals surface area contributed by atoms with Crippen LogP contribution in [0.15, 0.2) is 41.4 Å². The first-order valence-corrected chi connectivity index (χ1v) is 9.92. The molecule has 0 spiro atoms. The smallest absolute Gasteiger partial charge is 0.325 e. The van der Waals surface area contributed by atoms with Crippen LogP contribution in [0.25, 0.3) is 10.2 Å². The van der Waals surface area contributed by atoms with Crippen LogP contribution in [0.1, 0.15) is 11.1 Å². The highest BCUT2D eigenvalue weighted by Crippen LogP contribution is 2.31. The van der Waals surface area contributed by atoms with Gasteiger partial charge in [-0.25, -0.2) is 0 Å². The predicted molar refractivity (Wildman–Crippen MR) is 108 cm³/mol. The Morgan fingerprint density at radius 1 is 1.21 bits per heavy atom. The van der Waals surface area contributed by atoms with Gasteiger partial charge < -0.3 is 18.8 Å². The van der Waals surface area contributed by atoms with Crippen LogP contribution < -0.4 is 14.3 Å². The summed E-state index contributed by atoms with van der Waals surface area (Å²) in [5.41, 5.74) is 3.05. The first-order valence-electron chi connectivity index (χ1n) is 9.10. The van der Waals surface area contributed by atoms with Crippen molar-refractivity contribution in [1.29, 1.82) is 0 Å². The minimum atomic E-state index is -0.842. The molecule has 2 heterocycles. The van der Waals surface area contributed by atoms with E-state index in [0.29, 0.717) is 16.3 Å². The molecule has 3 aromatic rings. The number of nitrogens with zero attached hydrogens (tertiary/aromatic N) is 2. The SMILES string of the molecule is COC(=O)Cn1c(=NC(=O)C2COc3ccccc3O2)sc2cc(C)c(C)cc21. The van der Waals surface area contributed by atoms with Gasteiger partial charge in [-0.1, -0.05) is 23.5 Å². The average Bonchev–Trinajstić information content (AvgIpc) is 3.03. The molecule has 0 bridgehead atoms. The van der Waals surface area contributed by atoms with Crippen LogP contribution in [0.2, 0.25) is 0 Å². The highest BCUT2D eigenvalue weighted by atomic mass is 32.1. The molecule has 1 aliphatic rings. The van der Waals surface area contributed by atoms with Crippen LogP contribution >= 0.6 is 11.3 Å². The summed E-state index contributed by atoms with van der Waals surface area (Å²) in [6.07, 6.45) is -0.842. The molecule has 2 aromatic carbocycles. The number of aromatic nitrogens is 1. The lowest BCUT2D eigenvalue weighted by molar-refractivity contribution is -0.141. The summed E-state index contributed by atoms with van der Waals surface area (Å²) < 4.78 is 18.8. The molecular formula is C21H20N2O5S. The van der Waals surface area contributed by atoms with E-state index in [2.05, 4.69) is 4.99 Å². The number of ether oxygens (including phenoxy) is 3. The molecule has 0 aliphatic carbocycles. The topological polar surface area (TPSA) is 79.1 Å². The molecule has 150 valence electrons. The number of hydrogen-bond donors (Lipinski definition) is 0. The Hall–Kier alpha value is -3.13. The maximum atomic E-state index is 12.8. The first kappa shape index (κ1) is 19.2. The van der Waals surface area contributed by atoms with Gasteiger partial charge in [0, 0.05) is 0 Å². The number of carbonyl (C=O) groups is 2. The summed E-state index contributed by atoms with van der Waals surface area (Å²) in [6, 6.07) is 11.2. The Morgan fingerprint density at radius 2 is 1.93 bits per heavy atom. The van der Waals surface area contributed by atoms with Crippen LogP contribution in [0.5, 0.6) is 11.5 Å². The van der Waals surface area contributed by atoms with Gasteiger partial charge in [0.05, 0.1) is 17.3 Å². The van der Waals surface area contributed by atoms with Crippen LogP contribution in [-0.4, -0.2) is 36.3 Å². The summed E-state index contributed by atoms with van der Waals surface area (Å²) in [7, 11) is 1.33. The van der Waals surface area contributed by atoms with Gasteiger partial charge in [-0.3, -0.25) is 9.59 Å². The van der Waals surface area contributed by atoms with Crippen LogP contribution in [0.3, 0.4) is 0 Å². The highest BCUT2D eigenvalue weighted by molar-refractivity contribution is 7.16. The number of methoxy groups -OCH3 is 1. The van der Waals surface area contributed by atoms with E-state index >= 15 is 0 Å². The van der Waals surface area contributed by atoms with Crippen molar-refractivity contribution >= 4 is 33.4 Å². The Morgan fingerprint density at radius 3 is 2.69 bits per heavy atom. The van der Waals surface area contributed by atoms with Crippen molar-refractivity contribution in [2.75, 3.05) is 13.7 Å². The van der Waals surface area contributed by atoms with Gasteiger partial charge in [-0.15, -0.1) is 0 Å². The third-order valence-electron chi connectivity index (χ3n) is 4.80. The molecule has 1 atom stereocenters.